The van der Waals surface area contributed by atoms with Gasteiger partial charge in [0.15, 0.2) is 5.96 Å². The van der Waals surface area contributed by atoms with E-state index in [0.29, 0.717) is 5.57 Å². The summed E-state index contributed by atoms with van der Waals surface area (Å²) >= 11 is 0. The van der Waals surface area contributed by atoms with Crippen molar-refractivity contribution in [2.75, 3.05) is 0 Å². The van der Waals surface area contributed by atoms with E-state index < -0.39 is 11.6 Å². The molecule has 1 amide bonds. The second-order valence-electron chi connectivity index (χ2n) is 8.96. The summed E-state index contributed by atoms with van der Waals surface area (Å²) in [6.45, 7) is 9.58. The second kappa shape index (κ2) is 8.31. The Balaban J connectivity index is 1.71. The number of imidazole rings is 1. The van der Waals surface area contributed by atoms with E-state index in [-0.39, 0.29) is 17.7 Å². The molecule has 0 fully saturated rings. The molecule has 0 saturated carbocycles. The number of carbonyl (C=O) groups excluding carboxylic acids is 1. The van der Waals surface area contributed by atoms with E-state index in [2.05, 4.69) is 9.98 Å². The molecule has 1 atom stereocenters. The van der Waals surface area contributed by atoms with Crippen molar-refractivity contribution in [2.24, 2.45) is 10.7 Å². The molecule has 1 aromatic heterocycles. The smallest absolute Gasteiger partial charge is 0.259 e. The lowest BCUT2D eigenvalue weighted by molar-refractivity contribution is -0.126. The highest BCUT2D eigenvalue weighted by molar-refractivity contribution is 6.11. The molecule has 1 unspecified atom stereocenters. The standard InChI is InChI=1S/C26H28FN5O/c1-16-12-19(6-11-23(16)31-14-17(2)29-15-31)13-22-24(33)32(25(28)30-26(22,4)5)18(3)20-7-9-21(27)10-8-20/h6-15,18H,1-5H3,(H2,28,30)/b22-13-. The topological polar surface area (TPSA) is 76.5 Å². The molecule has 0 aliphatic carbocycles. The maximum absolute atomic E-state index is 13.6. The van der Waals surface area contributed by atoms with Crippen LogP contribution in [-0.2, 0) is 4.79 Å². The minimum Gasteiger partial charge on any atom is -0.369 e. The number of nitrogens with two attached hydrogens (primary N) is 1. The van der Waals surface area contributed by atoms with Crippen molar-refractivity contribution in [1.29, 1.82) is 0 Å². The summed E-state index contributed by atoms with van der Waals surface area (Å²) in [7, 11) is 0. The Bertz CT molecular complexity index is 1270. The van der Waals surface area contributed by atoms with E-state index in [1.807, 2.05) is 69.7 Å². The third-order valence-corrected chi connectivity index (χ3v) is 6.01. The van der Waals surface area contributed by atoms with E-state index in [1.165, 1.54) is 17.0 Å². The molecule has 2 aromatic carbocycles. The van der Waals surface area contributed by atoms with Gasteiger partial charge >= 0.3 is 0 Å². The number of nitrogens with zero attached hydrogens (tertiary/aromatic N) is 4. The maximum atomic E-state index is 13.6. The molecule has 4 rings (SSSR count). The molecule has 1 aliphatic heterocycles. The Morgan fingerprint density at radius 1 is 1.12 bits per heavy atom. The number of rotatable bonds is 4. The minimum atomic E-state index is -0.784. The van der Waals surface area contributed by atoms with Crippen LogP contribution in [0.3, 0.4) is 0 Å². The number of amides is 1. The predicted molar refractivity (Wildman–Crippen MR) is 128 cm³/mol. The lowest BCUT2D eigenvalue weighted by Crippen LogP contribution is -2.52. The summed E-state index contributed by atoms with van der Waals surface area (Å²) in [5.74, 6) is -0.388. The van der Waals surface area contributed by atoms with Gasteiger partial charge in [-0.05, 0) is 81.7 Å². The third-order valence-electron chi connectivity index (χ3n) is 6.01. The van der Waals surface area contributed by atoms with Crippen molar-refractivity contribution in [3.63, 3.8) is 0 Å². The van der Waals surface area contributed by atoms with E-state index in [0.717, 1.165) is 28.1 Å². The summed E-state index contributed by atoms with van der Waals surface area (Å²) < 4.78 is 15.4. The first-order chi connectivity index (χ1) is 15.6. The molecule has 0 spiro atoms. The quantitative estimate of drug-likeness (QED) is 0.591. The van der Waals surface area contributed by atoms with Crippen LogP contribution in [0.15, 0.2) is 65.6 Å². The van der Waals surface area contributed by atoms with Crippen LogP contribution in [0.25, 0.3) is 11.8 Å². The van der Waals surface area contributed by atoms with Gasteiger partial charge in [-0.15, -0.1) is 0 Å². The lowest BCUT2D eigenvalue weighted by Gasteiger charge is -2.38. The van der Waals surface area contributed by atoms with Crippen LogP contribution in [0.2, 0.25) is 0 Å². The monoisotopic (exact) mass is 445 g/mol. The number of aromatic nitrogens is 2. The number of carbonyl (C=O) groups is 1. The number of halogens is 1. The van der Waals surface area contributed by atoms with Crippen molar-refractivity contribution in [3.05, 3.63) is 88.8 Å². The fraction of sp³-hybridized carbons (Fsp3) is 0.269. The SMILES string of the molecule is Cc1cn(-c2ccc(/C=C3/C(=O)N(C(C)c4ccc(F)cc4)C(N)=NC3(C)C)cc2C)cn1. The van der Waals surface area contributed by atoms with Crippen molar-refractivity contribution in [3.8, 4) is 5.69 Å². The van der Waals surface area contributed by atoms with Gasteiger partial charge in [0, 0.05) is 17.5 Å². The molecule has 7 heteroatoms. The largest absolute Gasteiger partial charge is 0.369 e. The Morgan fingerprint density at radius 2 is 1.82 bits per heavy atom. The van der Waals surface area contributed by atoms with Gasteiger partial charge in [0.2, 0.25) is 0 Å². The summed E-state index contributed by atoms with van der Waals surface area (Å²) in [5, 5.41) is 0. The molecular weight excluding hydrogens is 417 g/mol. The zero-order chi connectivity index (χ0) is 23.9. The first-order valence-electron chi connectivity index (χ1n) is 10.8. The fourth-order valence-electron chi connectivity index (χ4n) is 4.18. The van der Waals surface area contributed by atoms with Crippen LogP contribution < -0.4 is 5.73 Å². The number of hydrogen-bond donors (Lipinski definition) is 1. The first-order valence-corrected chi connectivity index (χ1v) is 10.8. The highest BCUT2D eigenvalue weighted by Gasteiger charge is 2.40. The fourth-order valence-corrected chi connectivity index (χ4v) is 4.18. The van der Waals surface area contributed by atoms with E-state index >= 15 is 0 Å². The number of aliphatic imine (C=N–C) groups is 1. The van der Waals surface area contributed by atoms with Crippen LogP contribution in [0.4, 0.5) is 4.39 Å². The van der Waals surface area contributed by atoms with Crippen LogP contribution in [-0.4, -0.2) is 31.9 Å². The van der Waals surface area contributed by atoms with E-state index in [1.54, 1.807) is 18.5 Å². The van der Waals surface area contributed by atoms with Crippen molar-refractivity contribution < 1.29 is 9.18 Å². The second-order valence-corrected chi connectivity index (χ2v) is 8.96. The highest BCUT2D eigenvalue weighted by atomic mass is 19.1. The Morgan fingerprint density at radius 3 is 2.42 bits per heavy atom. The van der Waals surface area contributed by atoms with Crippen molar-refractivity contribution in [2.45, 2.75) is 46.2 Å². The molecular formula is C26H28FN5O. The van der Waals surface area contributed by atoms with Gasteiger partial charge in [-0.25, -0.2) is 14.4 Å². The first kappa shape index (κ1) is 22.5. The molecule has 0 bridgehead atoms. The van der Waals surface area contributed by atoms with Gasteiger partial charge in [-0.2, -0.15) is 0 Å². The lowest BCUT2D eigenvalue weighted by atomic mass is 9.89. The zero-order valence-electron chi connectivity index (χ0n) is 19.5. The molecule has 2 N–H and O–H groups in total. The van der Waals surface area contributed by atoms with Crippen LogP contribution >= 0.6 is 0 Å². The normalized spacial score (nSPS) is 17.9. The molecule has 0 radical (unpaired) electrons. The predicted octanol–water partition coefficient (Wildman–Crippen LogP) is 4.71. The van der Waals surface area contributed by atoms with Gasteiger partial charge in [0.25, 0.3) is 5.91 Å². The Kier molecular flexibility index (Phi) is 5.66. The average molecular weight is 446 g/mol. The molecule has 2 heterocycles. The van der Waals surface area contributed by atoms with Gasteiger partial charge in [-0.1, -0.05) is 18.2 Å². The number of aryl methyl sites for hydroxylation is 2. The van der Waals surface area contributed by atoms with Gasteiger partial charge in [0.05, 0.1) is 23.6 Å². The molecule has 6 nitrogen and oxygen atoms in total. The number of hydrogen-bond acceptors (Lipinski definition) is 4. The van der Waals surface area contributed by atoms with Gasteiger partial charge in [-0.3, -0.25) is 9.69 Å². The maximum Gasteiger partial charge on any atom is 0.259 e. The molecule has 170 valence electrons. The van der Waals surface area contributed by atoms with Gasteiger partial charge in [0.1, 0.15) is 5.82 Å². The summed E-state index contributed by atoms with van der Waals surface area (Å²) in [6.07, 6.45) is 5.63. The number of guanidine groups is 1. The third kappa shape index (κ3) is 4.31. The Labute approximate surface area is 193 Å². The molecule has 33 heavy (non-hydrogen) atoms. The summed E-state index contributed by atoms with van der Waals surface area (Å²) in [4.78, 5) is 24.0. The van der Waals surface area contributed by atoms with Crippen molar-refractivity contribution >= 4 is 17.9 Å². The van der Waals surface area contributed by atoms with Crippen LogP contribution in [0.1, 0.15) is 49.2 Å². The molecule has 1 aliphatic rings. The van der Waals surface area contributed by atoms with E-state index in [4.69, 9.17) is 5.73 Å². The minimum absolute atomic E-state index is 0.154. The van der Waals surface area contributed by atoms with E-state index in [9.17, 15) is 9.18 Å². The van der Waals surface area contributed by atoms with Crippen LogP contribution in [0, 0.1) is 19.7 Å². The molecule has 0 saturated heterocycles. The van der Waals surface area contributed by atoms with Crippen LogP contribution in [0.5, 0.6) is 0 Å². The zero-order valence-corrected chi connectivity index (χ0v) is 19.5. The Hall–Kier alpha value is -3.74. The van der Waals surface area contributed by atoms with Gasteiger partial charge < -0.3 is 10.3 Å². The highest BCUT2D eigenvalue weighted by Crippen LogP contribution is 2.34. The summed E-state index contributed by atoms with van der Waals surface area (Å²) in [5.41, 5.74) is 10.7. The summed E-state index contributed by atoms with van der Waals surface area (Å²) in [6, 6.07) is 11.7. The number of benzene rings is 2. The molecule has 3 aromatic rings. The van der Waals surface area contributed by atoms with Crippen molar-refractivity contribution in [1.82, 2.24) is 14.5 Å². The average Bonchev–Trinajstić information content (AvgIpc) is 3.17.